The molecule has 0 radical (unpaired) electrons. The number of nitrogens with one attached hydrogen (secondary N) is 1. The Morgan fingerprint density at radius 3 is 2.57 bits per heavy atom. The predicted octanol–water partition coefficient (Wildman–Crippen LogP) is 2.61. The molecule has 0 bridgehead atoms. The Hall–Kier alpha value is -1.72. The lowest BCUT2D eigenvalue weighted by molar-refractivity contribution is -0.144. The minimum absolute atomic E-state index is 0.291. The summed E-state index contributed by atoms with van der Waals surface area (Å²) in [6.07, 6.45) is 0. The lowest BCUT2D eigenvalue weighted by atomic mass is 10.1. The van der Waals surface area contributed by atoms with Gasteiger partial charge in [0.25, 0.3) is 5.91 Å². The quantitative estimate of drug-likeness (QED) is 0.642. The van der Waals surface area contributed by atoms with Gasteiger partial charge in [-0.25, -0.2) is 4.79 Å². The van der Waals surface area contributed by atoms with Crippen LogP contribution in [0.1, 0.15) is 6.92 Å². The molecule has 0 aliphatic rings. The first-order chi connectivity index (χ1) is 9.85. The number of benzene rings is 1. The van der Waals surface area contributed by atoms with Gasteiger partial charge in [-0.15, -0.1) is 0 Å². The van der Waals surface area contributed by atoms with Crippen LogP contribution in [0.3, 0.4) is 0 Å². The molecule has 1 unspecified atom stereocenters. The van der Waals surface area contributed by atoms with E-state index in [4.69, 9.17) is 27.9 Å². The summed E-state index contributed by atoms with van der Waals surface area (Å²) in [7, 11) is 1.23. The van der Waals surface area contributed by atoms with Gasteiger partial charge in [0, 0.05) is 5.02 Å². The molecular weight excluding hydrogens is 317 g/mol. The Morgan fingerprint density at radius 1 is 1.38 bits per heavy atom. The first kappa shape index (κ1) is 17.3. The van der Waals surface area contributed by atoms with Crippen molar-refractivity contribution in [1.29, 1.82) is 0 Å². The number of esters is 1. The number of amides is 1. The van der Waals surface area contributed by atoms with E-state index in [2.05, 4.69) is 16.6 Å². The van der Waals surface area contributed by atoms with E-state index in [0.29, 0.717) is 21.4 Å². The molecule has 0 aliphatic carbocycles. The zero-order valence-electron chi connectivity index (χ0n) is 11.6. The highest BCUT2D eigenvalue weighted by molar-refractivity contribution is 6.35. The van der Waals surface area contributed by atoms with E-state index in [0.717, 1.165) is 0 Å². The molecule has 21 heavy (non-hydrogen) atoms. The summed E-state index contributed by atoms with van der Waals surface area (Å²) in [5, 5.41) is 3.22. The molecule has 0 saturated carbocycles. The molecule has 1 amide bonds. The van der Waals surface area contributed by atoms with Gasteiger partial charge in [0.05, 0.1) is 12.1 Å². The van der Waals surface area contributed by atoms with E-state index in [1.807, 2.05) is 0 Å². The number of halogens is 2. The second-order valence-corrected chi connectivity index (χ2v) is 5.08. The van der Waals surface area contributed by atoms with Crippen molar-refractivity contribution in [3.05, 3.63) is 40.4 Å². The van der Waals surface area contributed by atoms with E-state index >= 15 is 0 Å². The molecule has 0 spiro atoms. The van der Waals surface area contributed by atoms with Gasteiger partial charge in [0.2, 0.25) is 0 Å². The standard InChI is InChI=1S/C14H15Cl2NO4/c1-8(2)13(14(19)20-3)17-12(18)7-21-11-5-4-9(15)6-10(11)16/h4-6,13H,1,7H2,2-3H3,(H,17,18). The summed E-state index contributed by atoms with van der Waals surface area (Å²) >= 11 is 11.7. The van der Waals surface area contributed by atoms with Crippen molar-refractivity contribution in [2.75, 3.05) is 13.7 Å². The average Bonchev–Trinajstić information content (AvgIpc) is 2.42. The van der Waals surface area contributed by atoms with Gasteiger partial charge in [-0.3, -0.25) is 4.79 Å². The number of methoxy groups -OCH3 is 1. The molecular formula is C14H15Cl2NO4. The Labute approximate surface area is 132 Å². The van der Waals surface area contributed by atoms with Gasteiger partial charge in [0.1, 0.15) is 11.8 Å². The number of ether oxygens (including phenoxy) is 2. The van der Waals surface area contributed by atoms with Crippen molar-refractivity contribution >= 4 is 35.1 Å². The van der Waals surface area contributed by atoms with Crippen LogP contribution < -0.4 is 10.1 Å². The molecule has 0 heterocycles. The third-order valence-electron chi connectivity index (χ3n) is 2.49. The Balaban J connectivity index is 2.61. The second kappa shape index (κ2) is 7.90. The van der Waals surface area contributed by atoms with Gasteiger partial charge < -0.3 is 14.8 Å². The smallest absolute Gasteiger partial charge is 0.332 e. The van der Waals surface area contributed by atoms with Crippen LogP contribution >= 0.6 is 23.2 Å². The van der Waals surface area contributed by atoms with Crippen LogP contribution in [0.5, 0.6) is 5.75 Å². The van der Waals surface area contributed by atoms with E-state index in [9.17, 15) is 9.59 Å². The lowest BCUT2D eigenvalue weighted by Gasteiger charge is -2.16. The number of hydrogen-bond acceptors (Lipinski definition) is 4. The maximum Gasteiger partial charge on any atom is 0.332 e. The summed E-state index contributed by atoms with van der Waals surface area (Å²) in [6.45, 7) is 4.93. The van der Waals surface area contributed by atoms with E-state index in [1.54, 1.807) is 19.1 Å². The summed E-state index contributed by atoms with van der Waals surface area (Å²) in [6, 6.07) is 3.73. The first-order valence-corrected chi connectivity index (χ1v) is 6.71. The Bertz CT molecular complexity index is 560. The molecule has 0 aliphatic heterocycles. The van der Waals surface area contributed by atoms with Gasteiger partial charge >= 0.3 is 5.97 Å². The predicted molar refractivity (Wildman–Crippen MR) is 80.7 cm³/mol. The number of hydrogen-bond donors (Lipinski definition) is 1. The molecule has 1 rings (SSSR count). The molecule has 1 aromatic carbocycles. The fourth-order valence-corrected chi connectivity index (χ4v) is 1.90. The van der Waals surface area contributed by atoms with Crippen molar-refractivity contribution < 1.29 is 19.1 Å². The SMILES string of the molecule is C=C(C)C(NC(=O)COc1ccc(Cl)cc1Cl)C(=O)OC. The largest absolute Gasteiger partial charge is 0.482 e. The number of carbonyl (C=O) groups excluding carboxylic acids is 2. The lowest BCUT2D eigenvalue weighted by Crippen LogP contribution is -2.44. The van der Waals surface area contributed by atoms with Crippen LogP contribution in [0.15, 0.2) is 30.4 Å². The maximum absolute atomic E-state index is 11.8. The second-order valence-electron chi connectivity index (χ2n) is 4.23. The molecule has 1 atom stereocenters. The highest BCUT2D eigenvalue weighted by Crippen LogP contribution is 2.27. The Kier molecular flexibility index (Phi) is 6.52. The highest BCUT2D eigenvalue weighted by Gasteiger charge is 2.22. The highest BCUT2D eigenvalue weighted by atomic mass is 35.5. The van der Waals surface area contributed by atoms with Crippen LogP contribution in [-0.4, -0.2) is 31.6 Å². The summed E-state index contributed by atoms with van der Waals surface area (Å²) in [5.74, 6) is -0.777. The van der Waals surface area contributed by atoms with Gasteiger partial charge in [-0.2, -0.15) is 0 Å². The number of carbonyl (C=O) groups is 2. The maximum atomic E-state index is 11.8. The summed E-state index contributed by atoms with van der Waals surface area (Å²) in [5.41, 5.74) is 0.458. The molecule has 5 nitrogen and oxygen atoms in total. The van der Waals surface area contributed by atoms with E-state index in [-0.39, 0.29) is 6.61 Å². The molecule has 114 valence electrons. The van der Waals surface area contributed by atoms with Crippen molar-refractivity contribution in [3.63, 3.8) is 0 Å². The molecule has 1 N–H and O–H groups in total. The monoisotopic (exact) mass is 331 g/mol. The number of rotatable bonds is 6. The van der Waals surface area contributed by atoms with Gasteiger partial charge in [0.15, 0.2) is 6.61 Å². The minimum Gasteiger partial charge on any atom is -0.482 e. The molecule has 0 saturated heterocycles. The fourth-order valence-electron chi connectivity index (χ4n) is 1.44. The van der Waals surface area contributed by atoms with Crippen molar-refractivity contribution in [3.8, 4) is 5.75 Å². The van der Waals surface area contributed by atoms with Crippen LogP contribution in [0.4, 0.5) is 0 Å². The zero-order chi connectivity index (χ0) is 16.0. The topological polar surface area (TPSA) is 64.6 Å². The molecule has 7 heteroatoms. The molecule has 0 aromatic heterocycles. The first-order valence-electron chi connectivity index (χ1n) is 5.95. The van der Waals surface area contributed by atoms with Crippen LogP contribution in [0.25, 0.3) is 0 Å². The Morgan fingerprint density at radius 2 is 2.05 bits per heavy atom. The normalized spacial score (nSPS) is 11.4. The molecule has 0 fully saturated rings. The van der Waals surface area contributed by atoms with Gasteiger partial charge in [-0.05, 0) is 30.7 Å². The van der Waals surface area contributed by atoms with Crippen molar-refractivity contribution in [1.82, 2.24) is 5.32 Å². The minimum atomic E-state index is -0.910. The van der Waals surface area contributed by atoms with Crippen LogP contribution in [0, 0.1) is 0 Å². The van der Waals surface area contributed by atoms with E-state index < -0.39 is 17.9 Å². The average molecular weight is 332 g/mol. The molecule has 1 aromatic rings. The van der Waals surface area contributed by atoms with Crippen LogP contribution in [0.2, 0.25) is 10.0 Å². The van der Waals surface area contributed by atoms with Crippen LogP contribution in [-0.2, 0) is 14.3 Å². The third kappa shape index (κ3) is 5.28. The summed E-state index contributed by atoms with van der Waals surface area (Å²) in [4.78, 5) is 23.3. The van der Waals surface area contributed by atoms with Gasteiger partial charge in [-0.1, -0.05) is 29.8 Å². The zero-order valence-corrected chi connectivity index (χ0v) is 13.1. The van der Waals surface area contributed by atoms with Crippen molar-refractivity contribution in [2.24, 2.45) is 0 Å². The van der Waals surface area contributed by atoms with E-state index in [1.165, 1.54) is 13.2 Å². The van der Waals surface area contributed by atoms with Crippen molar-refractivity contribution in [2.45, 2.75) is 13.0 Å². The summed E-state index contributed by atoms with van der Waals surface area (Å²) < 4.78 is 9.84. The fraction of sp³-hybridized carbons (Fsp3) is 0.286. The third-order valence-corrected chi connectivity index (χ3v) is 3.02.